The van der Waals surface area contributed by atoms with Gasteiger partial charge in [-0.25, -0.2) is 0 Å². The molecule has 0 amide bonds. The quantitative estimate of drug-likeness (QED) is 0.643. The highest BCUT2D eigenvalue weighted by molar-refractivity contribution is 7.39. The van der Waals surface area contributed by atoms with Gasteiger partial charge in [0, 0.05) is 12.6 Å². The summed E-state index contributed by atoms with van der Waals surface area (Å²) >= 11 is 0. The van der Waals surface area contributed by atoms with Crippen LogP contribution < -0.4 is 0 Å². The lowest BCUT2D eigenvalue weighted by molar-refractivity contribution is -0.142. The first-order valence-electron chi connectivity index (χ1n) is 6.63. The summed E-state index contributed by atoms with van der Waals surface area (Å²) in [5.74, 6) is -3.14. The Morgan fingerprint density at radius 3 is 2.43 bits per heavy atom. The SMILES string of the molecule is O=C(O)CCC(C[PH](=O)OCCc1ccccc1)C(=O)O. The summed E-state index contributed by atoms with van der Waals surface area (Å²) in [6, 6.07) is 9.53. The molecule has 1 rings (SSSR count). The van der Waals surface area contributed by atoms with Crippen LogP contribution in [0.15, 0.2) is 30.3 Å². The number of carboxylic acid groups (broad SMARTS) is 2. The van der Waals surface area contributed by atoms with Crippen LogP contribution >= 0.6 is 8.03 Å². The Balaban J connectivity index is 2.33. The Morgan fingerprint density at radius 1 is 1.19 bits per heavy atom. The van der Waals surface area contributed by atoms with Gasteiger partial charge >= 0.3 is 11.9 Å². The first-order chi connectivity index (χ1) is 9.99. The van der Waals surface area contributed by atoms with Crippen LogP contribution in [0.25, 0.3) is 0 Å². The van der Waals surface area contributed by atoms with Crippen LogP contribution in [0.4, 0.5) is 0 Å². The van der Waals surface area contributed by atoms with Crippen molar-refractivity contribution in [2.75, 3.05) is 12.8 Å². The van der Waals surface area contributed by atoms with Gasteiger partial charge in [-0.1, -0.05) is 30.3 Å². The zero-order valence-corrected chi connectivity index (χ0v) is 12.5. The lowest BCUT2D eigenvalue weighted by Crippen LogP contribution is -2.18. The number of carboxylic acids is 2. The van der Waals surface area contributed by atoms with Gasteiger partial charge in [0.2, 0.25) is 0 Å². The van der Waals surface area contributed by atoms with Crippen LogP contribution in [0.2, 0.25) is 0 Å². The van der Waals surface area contributed by atoms with Crippen LogP contribution in [0.5, 0.6) is 0 Å². The lowest BCUT2D eigenvalue weighted by Gasteiger charge is -2.11. The fourth-order valence-corrected chi connectivity index (χ4v) is 3.03. The van der Waals surface area contributed by atoms with Crippen molar-refractivity contribution in [2.24, 2.45) is 5.92 Å². The van der Waals surface area contributed by atoms with Crippen LogP contribution in [-0.4, -0.2) is 34.9 Å². The summed E-state index contributed by atoms with van der Waals surface area (Å²) in [5.41, 5.74) is 1.05. The number of rotatable bonds is 10. The normalized spacial score (nSPS) is 13.5. The van der Waals surface area contributed by atoms with Gasteiger partial charge in [0.15, 0.2) is 8.03 Å². The molecule has 0 radical (unpaired) electrons. The molecule has 1 aromatic carbocycles. The van der Waals surface area contributed by atoms with Crippen molar-refractivity contribution >= 4 is 20.0 Å². The van der Waals surface area contributed by atoms with E-state index >= 15 is 0 Å². The lowest BCUT2D eigenvalue weighted by atomic mass is 10.1. The molecular formula is C14H19O6P. The molecule has 2 N–H and O–H groups in total. The minimum absolute atomic E-state index is 0.0386. The standard InChI is InChI=1S/C14H19O6P/c15-13(16)7-6-12(14(17)18)10-21(19)20-9-8-11-4-2-1-3-5-11/h1-5,12,21H,6-10H2,(H,15,16)(H,17,18). The first-order valence-corrected chi connectivity index (χ1v) is 8.15. The van der Waals surface area contributed by atoms with Gasteiger partial charge in [-0.15, -0.1) is 0 Å². The van der Waals surface area contributed by atoms with E-state index in [2.05, 4.69) is 0 Å². The molecule has 0 spiro atoms. The van der Waals surface area contributed by atoms with E-state index in [1.807, 2.05) is 30.3 Å². The van der Waals surface area contributed by atoms with Gasteiger partial charge < -0.3 is 14.7 Å². The maximum absolute atomic E-state index is 11.7. The summed E-state index contributed by atoms with van der Waals surface area (Å²) in [6.45, 7) is 0.257. The maximum Gasteiger partial charge on any atom is 0.307 e. The fraction of sp³-hybridized carbons (Fsp3) is 0.429. The van der Waals surface area contributed by atoms with Crippen LogP contribution in [0.1, 0.15) is 18.4 Å². The predicted octanol–water partition coefficient (Wildman–Crippen LogP) is 2.29. The second-order valence-electron chi connectivity index (χ2n) is 4.63. The number of hydrogen-bond donors (Lipinski definition) is 2. The van der Waals surface area contributed by atoms with E-state index in [4.69, 9.17) is 14.7 Å². The monoisotopic (exact) mass is 314 g/mol. The zero-order chi connectivity index (χ0) is 15.7. The average Bonchev–Trinajstić information content (AvgIpc) is 2.44. The highest BCUT2D eigenvalue weighted by Crippen LogP contribution is 2.28. The van der Waals surface area contributed by atoms with Crippen molar-refractivity contribution in [1.29, 1.82) is 0 Å². The van der Waals surface area contributed by atoms with Crippen molar-refractivity contribution in [3.63, 3.8) is 0 Å². The van der Waals surface area contributed by atoms with E-state index in [-0.39, 0.29) is 25.6 Å². The number of hydrogen-bond acceptors (Lipinski definition) is 4. The van der Waals surface area contributed by atoms with Gasteiger partial charge in [0.1, 0.15) is 0 Å². The molecular weight excluding hydrogens is 295 g/mol. The van der Waals surface area contributed by atoms with E-state index < -0.39 is 25.9 Å². The van der Waals surface area contributed by atoms with E-state index in [0.717, 1.165) is 5.56 Å². The summed E-state index contributed by atoms with van der Waals surface area (Å²) in [5, 5.41) is 17.5. The van der Waals surface area contributed by atoms with Crippen LogP contribution in [-0.2, 0) is 25.1 Å². The third kappa shape index (κ3) is 7.63. The topological polar surface area (TPSA) is 101 Å². The molecule has 0 aliphatic carbocycles. The summed E-state index contributed by atoms with van der Waals surface area (Å²) in [6.07, 6.45) is 0.186. The van der Waals surface area contributed by atoms with Gasteiger partial charge in [0.25, 0.3) is 0 Å². The van der Waals surface area contributed by atoms with Crippen molar-refractivity contribution in [2.45, 2.75) is 19.3 Å². The largest absolute Gasteiger partial charge is 0.481 e. The second kappa shape index (κ2) is 9.32. The Hall–Kier alpha value is -1.65. The van der Waals surface area contributed by atoms with Crippen molar-refractivity contribution in [3.8, 4) is 0 Å². The molecule has 7 heteroatoms. The Morgan fingerprint density at radius 2 is 1.86 bits per heavy atom. The van der Waals surface area contributed by atoms with Gasteiger partial charge in [-0.05, 0) is 18.4 Å². The molecule has 0 saturated carbocycles. The molecule has 2 unspecified atom stereocenters. The first kappa shape index (κ1) is 17.4. The Labute approximate surface area is 123 Å². The van der Waals surface area contributed by atoms with Gasteiger partial charge in [-0.3, -0.25) is 14.2 Å². The molecule has 0 heterocycles. The molecule has 6 nitrogen and oxygen atoms in total. The minimum Gasteiger partial charge on any atom is -0.481 e. The molecule has 0 fully saturated rings. The summed E-state index contributed by atoms with van der Waals surface area (Å²) < 4.78 is 16.9. The molecule has 1 aromatic rings. The number of carbonyl (C=O) groups is 2. The van der Waals surface area contributed by atoms with Crippen LogP contribution in [0, 0.1) is 5.92 Å². The van der Waals surface area contributed by atoms with E-state index in [1.54, 1.807) is 0 Å². The van der Waals surface area contributed by atoms with Crippen molar-refractivity contribution in [1.82, 2.24) is 0 Å². The third-order valence-electron chi connectivity index (χ3n) is 2.97. The second-order valence-corrected chi connectivity index (χ2v) is 6.07. The predicted molar refractivity (Wildman–Crippen MR) is 78.0 cm³/mol. The molecule has 0 bridgehead atoms. The highest BCUT2D eigenvalue weighted by Gasteiger charge is 2.21. The maximum atomic E-state index is 11.7. The van der Waals surface area contributed by atoms with E-state index in [0.29, 0.717) is 6.42 Å². The molecule has 116 valence electrons. The number of aliphatic carboxylic acids is 2. The van der Waals surface area contributed by atoms with Crippen LogP contribution in [0.3, 0.4) is 0 Å². The fourth-order valence-electron chi connectivity index (χ4n) is 1.80. The molecule has 2 atom stereocenters. The summed E-state index contributed by atoms with van der Waals surface area (Å²) in [7, 11) is -2.47. The van der Waals surface area contributed by atoms with Gasteiger partial charge in [0.05, 0.1) is 12.5 Å². The molecule has 0 aliphatic heterocycles. The molecule has 0 saturated heterocycles. The van der Waals surface area contributed by atoms with Crippen molar-refractivity contribution in [3.05, 3.63) is 35.9 Å². The van der Waals surface area contributed by atoms with E-state index in [9.17, 15) is 14.2 Å². The van der Waals surface area contributed by atoms with Crippen molar-refractivity contribution < 1.29 is 28.9 Å². The zero-order valence-electron chi connectivity index (χ0n) is 11.5. The third-order valence-corrected chi connectivity index (χ3v) is 4.32. The van der Waals surface area contributed by atoms with E-state index in [1.165, 1.54) is 0 Å². The van der Waals surface area contributed by atoms with Gasteiger partial charge in [-0.2, -0.15) is 0 Å². The highest BCUT2D eigenvalue weighted by atomic mass is 31.1. The molecule has 0 aliphatic rings. The number of benzene rings is 1. The average molecular weight is 314 g/mol. The minimum atomic E-state index is -2.47. The Bertz CT molecular complexity index is 487. The Kier molecular flexibility index (Phi) is 7.72. The molecule has 0 aromatic heterocycles. The smallest absolute Gasteiger partial charge is 0.307 e. The summed E-state index contributed by atoms with van der Waals surface area (Å²) in [4.78, 5) is 21.4. The molecule has 21 heavy (non-hydrogen) atoms.